The topological polar surface area (TPSA) is 71.2 Å². The molecule has 0 aliphatic heterocycles. The Morgan fingerprint density at radius 2 is 1.84 bits per heavy atom. The molecule has 0 bridgehead atoms. The van der Waals surface area contributed by atoms with Crippen molar-refractivity contribution in [3.63, 3.8) is 0 Å². The van der Waals surface area contributed by atoms with Crippen LogP contribution in [0.2, 0.25) is 0 Å². The lowest BCUT2D eigenvalue weighted by Gasteiger charge is -2.19. The summed E-state index contributed by atoms with van der Waals surface area (Å²) in [6.07, 6.45) is 1.81. The first-order valence-electron chi connectivity index (χ1n) is 7.89. The van der Waals surface area contributed by atoms with Crippen molar-refractivity contribution in [1.82, 2.24) is 10.3 Å². The molecule has 0 saturated heterocycles. The highest BCUT2D eigenvalue weighted by molar-refractivity contribution is 5.96. The van der Waals surface area contributed by atoms with E-state index in [1.165, 1.54) is 0 Å². The number of benzene rings is 1. The number of nitrogens with one attached hydrogen (secondary N) is 1. The fraction of sp³-hybridized carbons (Fsp3) is 0.333. The van der Waals surface area contributed by atoms with Gasteiger partial charge in [-0.1, -0.05) is 12.1 Å². The molecule has 7 heteroatoms. The van der Waals surface area contributed by atoms with Crippen LogP contribution in [0, 0.1) is 6.92 Å². The Balaban J connectivity index is 0.00000288. The molecule has 1 heterocycles. The van der Waals surface area contributed by atoms with Crippen LogP contribution in [0.5, 0.6) is 0 Å². The molecule has 1 amide bonds. The van der Waals surface area contributed by atoms with E-state index in [1.54, 1.807) is 18.3 Å². The van der Waals surface area contributed by atoms with Crippen molar-refractivity contribution >= 4 is 42.2 Å². The highest BCUT2D eigenvalue weighted by Gasteiger charge is 2.09. The van der Waals surface area contributed by atoms with E-state index in [-0.39, 0.29) is 30.7 Å². The summed E-state index contributed by atoms with van der Waals surface area (Å²) in [7, 11) is 0. The molecule has 5 nitrogen and oxygen atoms in total. The van der Waals surface area contributed by atoms with Gasteiger partial charge in [-0.05, 0) is 50.1 Å². The fourth-order valence-electron chi connectivity index (χ4n) is 2.42. The zero-order valence-corrected chi connectivity index (χ0v) is 16.4. The second-order valence-electron chi connectivity index (χ2n) is 5.45. The van der Waals surface area contributed by atoms with Gasteiger partial charge in [0, 0.05) is 37.1 Å². The summed E-state index contributed by atoms with van der Waals surface area (Å²) in [5.41, 5.74) is 8.82. The molecule has 0 aliphatic rings. The Labute approximate surface area is 161 Å². The number of hydrogen-bond donors (Lipinski definition) is 2. The van der Waals surface area contributed by atoms with Crippen LogP contribution in [-0.4, -0.2) is 24.0 Å². The molecule has 2 aromatic rings. The van der Waals surface area contributed by atoms with Gasteiger partial charge >= 0.3 is 0 Å². The minimum Gasteiger partial charge on any atom is -0.399 e. The van der Waals surface area contributed by atoms with E-state index in [4.69, 9.17) is 5.73 Å². The number of halogens is 2. The molecule has 0 saturated carbocycles. The highest BCUT2D eigenvalue weighted by atomic mass is 35.5. The Bertz CT molecular complexity index is 673. The number of nitrogens with two attached hydrogens (primary N) is 1. The average Bonchev–Trinajstić information content (AvgIpc) is 2.57. The summed E-state index contributed by atoms with van der Waals surface area (Å²) < 4.78 is 0. The summed E-state index contributed by atoms with van der Waals surface area (Å²) in [4.78, 5) is 18.9. The van der Waals surface area contributed by atoms with E-state index < -0.39 is 0 Å². The molecule has 3 N–H and O–H groups in total. The second-order valence-corrected chi connectivity index (χ2v) is 5.45. The summed E-state index contributed by atoms with van der Waals surface area (Å²) in [6.45, 7) is 8.40. The van der Waals surface area contributed by atoms with Gasteiger partial charge in [0.15, 0.2) is 0 Å². The smallest absolute Gasteiger partial charge is 0.251 e. The molecule has 2 rings (SSSR count). The zero-order chi connectivity index (χ0) is 16.8. The first-order chi connectivity index (χ1) is 11.0. The quantitative estimate of drug-likeness (QED) is 0.746. The van der Waals surface area contributed by atoms with Gasteiger partial charge in [0.25, 0.3) is 5.91 Å². The summed E-state index contributed by atoms with van der Waals surface area (Å²) in [6, 6.07) is 9.33. The third-order valence-electron chi connectivity index (χ3n) is 3.86. The number of nitrogens with zero attached hydrogens (tertiary/aromatic N) is 2. The van der Waals surface area contributed by atoms with E-state index >= 15 is 0 Å². The lowest BCUT2D eigenvalue weighted by atomic mass is 10.1. The molecule has 0 unspecified atom stereocenters. The average molecular weight is 385 g/mol. The number of amides is 1. The predicted octanol–water partition coefficient (Wildman–Crippen LogP) is 3.59. The van der Waals surface area contributed by atoms with E-state index in [2.05, 4.69) is 29.0 Å². The van der Waals surface area contributed by atoms with E-state index in [0.29, 0.717) is 17.8 Å². The fourth-order valence-corrected chi connectivity index (χ4v) is 2.42. The number of aryl methyl sites for hydroxylation is 1. The van der Waals surface area contributed by atoms with Crippen molar-refractivity contribution in [1.29, 1.82) is 0 Å². The normalized spacial score (nSPS) is 9.56. The van der Waals surface area contributed by atoms with Crippen LogP contribution >= 0.6 is 24.8 Å². The van der Waals surface area contributed by atoms with Crippen LogP contribution < -0.4 is 16.0 Å². The first-order valence-corrected chi connectivity index (χ1v) is 7.89. The lowest BCUT2D eigenvalue weighted by molar-refractivity contribution is 0.0950. The zero-order valence-electron chi connectivity index (χ0n) is 14.8. The summed E-state index contributed by atoms with van der Waals surface area (Å²) in [5.74, 6) is 0.833. The Morgan fingerprint density at radius 1 is 1.16 bits per heavy atom. The van der Waals surface area contributed by atoms with E-state index in [9.17, 15) is 4.79 Å². The van der Waals surface area contributed by atoms with Crippen LogP contribution in [-0.2, 0) is 6.54 Å². The van der Waals surface area contributed by atoms with Crippen LogP contribution in [0.1, 0.15) is 35.3 Å². The summed E-state index contributed by atoms with van der Waals surface area (Å²) >= 11 is 0. The van der Waals surface area contributed by atoms with Gasteiger partial charge in [-0.3, -0.25) is 4.79 Å². The molecule has 0 spiro atoms. The third kappa shape index (κ3) is 6.11. The predicted molar refractivity (Wildman–Crippen MR) is 109 cm³/mol. The number of aromatic nitrogens is 1. The molecule has 1 aromatic carbocycles. The van der Waals surface area contributed by atoms with Crippen molar-refractivity contribution in [2.45, 2.75) is 27.3 Å². The van der Waals surface area contributed by atoms with E-state index in [1.807, 2.05) is 25.1 Å². The number of rotatable bonds is 6. The molecule has 25 heavy (non-hydrogen) atoms. The molecular formula is C18H26Cl2N4O. The van der Waals surface area contributed by atoms with Crippen molar-refractivity contribution in [2.24, 2.45) is 0 Å². The van der Waals surface area contributed by atoms with Crippen LogP contribution in [0.25, 0.3) is 0 Å². The SMILES string of the molecule is CCN(CC)c1ccc(CNC(=O)c2cc(N)ccc2C)cn1.Cl.Cl. The van der Waals surface area contributed by atoms with Crippen molar-refractivity contribution < 1.29 is 4.79 Å². The maximum atomic E-state index is 12.3. The van der Waals surface area contributed by atoms with Crippen LogP contribution in [0.15, 0.2) is 36.5 Å². The molecule has 1 aromatic heterocycles. The van der Waals surface area contributed by atoms with Gasteiger partial charge in [-0.15, -0.1) is 24.8 Å². The maximum Gasteiger partial charge on any atom is 0.251 e. The molecule has 138 valence electrons. The van der Waals surface area contributed by atoms with Crippen molar-refractivity contribution in [2.75, 3.05) is 23.7 Å². The van der Waals surface area contributed by atoms with Crippen LogP contribution in [0.4, 0.5) is 11.5 Å². The largest absolute Gasteiger partial charge is 0.399 e. The Morgan fingerprint density at radius 3 is 2.40 bits per heavy atom. The molecule has 0 aliphatic carbocycles. The number of carbonyl (C=O) groups is 1. The number of carbonyl (C=O) groups excluding carboxylic acids is 1. The number of pyridine rings is 1. The monoisotopic (exact) mass is 384 g/mol. The van der Waals surface area contributed by atoms with Gasteiger partial charge in [-0.2, -0.15) is 0 Å². The Hall–Kier alpha value is -1.98. The lowest BCUT2D eigenvalue weighted by Crippen LogP contribution is -2.25. The van der Waals surface area contributed by atoms with Gasteiger partial charge < -0.3 is 16.0 Å². The molecule has 0 atom stereocenters. The maximum absolute atomic E-state index is 12.3. The summed E-state index contributed by atoms with van der Waals surface area (Å²) in [5, 5.41) is 2.91. The van der Waals surface area contributed by atoms with Crippen LogP contribution in [0.3, 0.4) is 0 Å². The number of hydrogen-bond acceptors (Lipinski definition) is 4. The number of nitrogen functional groups attached to an aromatic ring is 1. The van der Waals surface area contributed by atoms with Crippen molar-refractivity contribution in [3.8, 4) is 0 Å². The molecular weight excluding hydrogens is 359 g/mol. The minimum atomic E-state index is -0.123. The van der Waals surface area contributed by atoms with Crippen molar-refractivity contribution in [3.05, 3.63) is 53.2 Å². The second kappa shape index (κ2) is 10.8. The molecule has 0 fully saturated rings. The minimum absolute atomic E-state index is 0. The van der Waals surface area contributed by atoms with E-state index in [0.717, 1.165) is 30.0 Å². The van der Waals surface area contributed by atoms with Gasteiger partial charge in [-0.25, -0.2) is 4.98 Å². The third-order valence-corrected chi connectivity index (χ3v) is 3.86. The van der Waals surface area contributed by atoms with Gasteiger partial charge in [0.1, 0.15) is 5.82 Å². The highest BCUT2D eigenvalue weighted by Crippen LogP contribution is 2.13. The standard InChI is InChI=1S/C18H24N4O.2ClH/c1-4-22(5-2)17-9-7-14(11-20-17)12-21-18(23)16-10-15(19)8-6-13(16)3;;/h6-11H,4-5,12,19H2,1-3H3,(H,21,23);2*1H. The van der Waals surface area contributed by atoms with Gasteiger partial charge in [0.2, 0.25) is 0 Å². The van der Waals surface area contributed by atoms with Gasteiger partial charge in [0.05, 0.1) is 0 Å². The Kier molecular flexibility index (Phi) is 9.94. The molecule has 0 radical (unpaired) electrons. The number of anilines is 2. The first kappa shape index (κ1) is 23.0.